The number of halogens is 1. The summed E-state index contributed by atoms with van der Waals surface area (Å²) in [6.07, 6.45) is 2.62. The van der Waals surface area contributed by atoms with Crippen LogP contribution in [0.4, 0.5) is 4.39 Å². The van der Waals surface area contributed by atoms with Crippen molar-refractivity contribution in [3.63, 3.8) is 0 Å². The van der Waals surface area contributed by atoms with Crippen LogP contribution in [0.25, 0.3) is 0 Å². The van der Waals surface area contributed by atoms with Gasteiger partial charge in [-0.25, -0.2) is 4.39 Å². The number of nitrogens with zero attached hydrogens (tertiary/aromatic N) is 1. The highest BCUT2D eigenvalue weighted by atomic mass is 19.1. The van der Waals surface area contributed by atoms with Gasteiger partial charge in [0.25, 0.3) is 0 Å². The van der Waals surface area contributed by atoms with Gasteiger partial charge in [-0.3, -0.25) is 0 Å². The van der Waals surface area contributed by atoms with Crippen LogP contribution in [-0.4, -0.2) is 41.8 Å². The Kier molecular flexibility index (Phi) is 4.77. The molecule has 1 saturated heterocycles. The summed E-state index contributed by atoms with van der Waals surface area (Å²) in [6.45, 7) is 5.42. The van der Waals surface area contributed by atoms with E-state index in [4.69, 9.17) is 4.74 Å². The van der Waals surface area contributed by atoms with Crippen LogP contribution in [0.2, 0.25) is 0 Å². The molecule has 1 aromatic carbocycles. The zero-order valence-electron chi connectivity index (χ0n) is 11.4. The molecule has 0 radical (unpaired) electrons. The summed E-state index contributed by atoms with van der Waals surface area (Å²) in [5.41, 5.74) is -0.485. The van der Waals surface area contributed by atoms with Gasteiger partial charge < -0.3 is 14.7 Å². The number of hydrogen-bond acceptors (Lipinski definition) is 3. The van der Waals surface area contributed by atoms with E-state index >= 15 is 0 Å². The lowest BCUT2D eigenvalue weighted by molar-refractivity contribution is -0.00603. The third kappa shape index (κ3) is 4.80. The van der Waals surface area contributed by atoms with Gasteiger partial charge in [-0.2, -0.15) is 0 Å². The fraction of sp³-hybridized carbons (Fsp3) is 0.600. The molecule has 2 rings (SSSR count). The van der Waals surface area contributed by atoms with Crippen molar-refractivity contribution in [2.75, 3.05) is 26.2 Å². The van der Waals surface area contributed by atoms with Crippen molar-refractivity contribution in [2.45, 2.75) is 31.8 Å². The summed E-state index contributed by atoms with van der Waals surface area (Å²) in [7, 11) is 0. The number of ether oxygens (including phenoxy) is 1. The van der Waals surface area contributed by atoms with Gasteiger partial charge in [-0.05, 0) is 50.5 Å². The highest BCUT2D eigenvalue weighted by Gasteiger charge is 2.26. The number of likely N-dealkylation sites (tertiary alicyclic amines) is 1. The van der Waals surface area contributed by atoms with Crippen molar-refractivity contribution in [3.05, 3.63) is 30.1 Å². The Labute approximate surface area is 114 Å². The van der Waals surface area contributed by atoms with Crippen molar-refractivity contribution in [1.29, 1.82) is 0 Å². The molecule has 1 fully saturated rings. The fourth-order valence-electron chi connectivity index (χ4n) is 2.27. The zero-order valence-corrected chi connectivity index (χ0v) is 11.4. The first-order chi connectivity index (χ1) is 9.05. The molecule has 0 aliphatic carbocycles. The first kappa shape index (κ1) is 14.3. The van der Waals surface area contributed by atoms with E-state index in [1.807, 2.05) is 6.92 Å². The highest BCUT2D eigenvalue weighted by molar-refractivity contribution is 5.21. The van der Waals surface area contributed by atoms with E-state index in [0.717, 1.165) is 38.9 Å². The van der Waals surface area contributed by atoms with E-state index in [2.05, 4.69) is 4.90 Å². The second kappa shape index (κ2) is 6.35. The van der Waals surface area contributed by atoms with E-state index in [9.17, 15) is 9.50 Å². The van der Waals surface area contributed by atoms with E-state index in [-0.39, 0.29) is 5.82 Å². The van der Waals surface area contributed by atoms with E-state index in [1.54, 1.807) is 12.1 Å². The molecule has 1 aromatic rings. The fourth-order valence-corrected chi connectivity index (χ4v) is 2.27. The predicted molar refractivity (Wildman–Crippen MR) is 72.8 cm³/mol. The quantitative estimate of drug-likeness (QED) is 0.832. The third-order valence-electron chi connectivity index (χ3n) is 3.63. The van der Waals surface area contributed by atoms with Gasteiger partial charge in [-0.15, -0.1) is 0 Å². The molecule has 1 aliphatic heterocycles. The van der Waals surface area contributed by atoms with Gasteiger partial charge in [0.1, 0.15) is 11.6 Å². The maximum absolute atomic E-state index is 12.7. The lowest BCUT2D eigenvalue weighted by atomic mass is 9.94. The molecule has 0 saturated carbocycles. The molecule has 1 heterocycles. The Morgan fingerprint density at radius 3 is 2.53 bits per heavy atom. The Morgan fingerprint density at radius 2 is 1.89 bits per heavy atom. The van der Waals surface area contributed by atoms with Crippen molar-refractivity contribution in [3.8, 4) is 5.75 Å². The lowest BCUT2D eigenvalue weighted by Gasteiger charge is -2.35. The first-order valence-electron chi connectivity index (χ1n) is 6.88. The summed E-state index contributed by atoms with van der Waals surface area (Å²) in [5, 5.41) is 9.85. The molecular weight excluding hydrogens is 245 g/mol. The van der Waals surface area contributed by atoms with Crippen molar-refractivity contribution < 1.29 is 14.2 Å². The molecule has 0 atom stereocenters. The number of piperidine rings is 1. The number of rotatable bonds is 5. The molecular formula is C15H22FNO2. The SMILES string of the molecule is CC1(O)CCN(CCCOc2ccc(F)cc2)CC1. The average Bonchev–Trinajstić information content (AvgIpc) is 2.38. The van der Waals surface area contributed by atoms with E-state index < -0.39 is 5.60 Å². The standard InChI is InChI=1S/C15H22FNO2/c1-15(18)7-10-17(11-8-15)9-2-12-19-14-5-3-13(16)4-6-14/h3-6,18H,2,7-12H2,1H3. The molecule has 0 unspecified atom stereocenters. The molecule has 0 spiro atoms. The molecule has 0 aromatic heterocycles. The Hall–Kier alpha value is -1.13. The minimum Gasteiger partial charge on any atom is -0.494 e. The van der Waals surface area contributed by atoms with Gasteiger partial charge in [0.05, 0.1) is 12.2 Å². The predicted octanol–water partition coefficient (Wildman–Crippen LogP) is 2.44. The monoisotopic (exact) mass is 267 g/mol. The van der Waals surface area contributed by atoms with Gasteiger partial charge >= 0.3 is 0 Å². The van der Waals surface area contributed by atoms with Gasteiger partial charge in [0.15, 0.2) is 0 Å². The smallest absolute Gasteiger partial charge is 0.123 e. The Bertz CT molecular complexity index is 382. The van der Waals surface area contributed by atoms with Crippen molar-refractivity contribution >= 4 is 0 Å². The van der Waals surface area contributed by atoms with Crippen LogP contribution in [0.15, 0.2) is 24.3 Å². The Balaban J connectivity index is 1.61. The molecule has 0 amide bonds. The molecule has 1 N–H and O–H groups in total. The van der Waals surface area contributed by atoms with E-state index in [1.165, 1.54) is 12.1 Å². The van der Waals surface area contributed by atoms with E-state index in [0.29, 0.717) is 12.4 Å². The highest BCUT2D eigenvalue weighted by Crippen LogP contribution is 2.21. The Morgan fingerprint density at radius 1 is 1.26 bits per heavy atom. The minimum atomic E-state index is -0.485. The number of benzene rings is 1. The number of aliphatic hydroxyl groups is 1. The molecule has 3 nitrogen and oxygen atoms in total. The van der Waals surface area contributed by atoms with Crippen LogP contribution in [0.1, 0.15) is 26.2 Å². The van der Waals surface area contributed by atoms with Crippen molar-refractivity contribution in [1.82, 2.24) is 4.90 Å². The number of hydrogen-bond donors (Lipinski definition) is 1. The van der Waals surface area contributed by atoms with Crippen LogP contribution in [-0.2, 0) is 0 Å². The largest absolute Gasteiger partial charge is 0.494 e. The molecule has 19 heavy (non-hydrogen) atoms. The van der Waals surface area contributed by atoms with Gasteiger partial charge in [0, 0.05) is 19.6 Å². The summed E-state index contributed by atoms with van der Waals surface area (Å²) in [4.78, 5) is 2.35. The normalized spacial score (nSPS) is 19.3. The van der Waals surface area contributed by atoms with Gasteiger partial charge in [-0.1, -0.05) is 0 Å². The topological polar surface area (TPSA) is 32.7 Å². The van der Waals surface area contributed by atoms with Crippen LogP contribution in [0.5, 0.6) is 5.75 Å². The first-order valence-corrected chi connectivity index (χ1v) is 6.88. The van der Waals surface area contributed by atoms with Gasteiger partial charge in [0.2, 0.25) is 0 Å². The zero-order chi connectivity index (χ0) is 13.7. The summed E-state index contributed by atoms with van der Waals surface area (Å²) in [5.74, 6) is 0.468. The second-order valence-electron chi connectivity index (χ2n) is 5.49. The summed E-state index contributed by atoms with van der Waals surface area (Å²) < 4.78 is 18.2. The minimum absolute atomic E-state index is 0.243. The molecule has 106 valence electrons. The van der Waals surface area contributed by atoms with Crippen molar-refractivity contribution in [2.24, 2.45) is 0 Å². The molecule has 1 aliphatic rings. The molecule has 0 bridgehead atoms. The summed E-state index contributed by atoms with van der Waals surface area (Å²) in [6, 6.07) is 6.10. The maximum Gasteiger partial charge on any atom is 0.123 e. The van der Waals surface area contributed by atoms with Crippen LogP contribution in [0.3, 0.4) is 0 Å². The second-order valence-corrected chi connectivity index (χ2v) is 5.49. The summed E-state index contributed by atoms with van der Waals surface area (Å²) >= 11 is 0. The van der Waals surface area contributed by atoms with Crippen LogP contribution in [0, 0.1) is 5.82 Å². The maximum atomic E-state index is 12.7. The average molecular weight is 267 g/mol. The van der Waals surface area contributed by atoms with Crippen LogP contribution >= 0.6 is 0 Å². The lowest BCUT2D eigenvalue weighted by Crippen LogP contribution is -2.42. The van der Waals surface area contributed by atoms with Crippen LogP contribution < -0.4 is 4.74 Å². The third-order valence-corrected chi connectivity index (χ3v) is 3.63. The molecule has 4 heteroatoms.